The van der Waals surface area contributed by atoms with E-state index in [2.05, 4.69) is 40.2 Å². The third-order valence-corrected chi connectivity index (χ3v) is 5.15. The van der Waals surface area contributed by atoms with Crippen LogP contribution in [-0.4, -0.2) is 18.5 Å². The Balaban J connectivity index is 1.28. The van der Waals surface area contributed by atoms with E-state index in [1.165, 1.54) is 17.4 Å². The van der Waals surface area contributed by atoms with E-state index in [1.54, 1.807) is 36.4 Å². The van der Waals surface area contributed by atoms with Crippen LogP contribution < -0.4 is 16.0 Å². The molecule has 6 nitrogen and oxygen atoms in total. The Hall–Kier alpha value is -3.54. The molecule has 0 bridgehead atoms. The van der Waals surface area contributed by atoms with E-state index in [4.69, 9.17) is 4.42 Å². The summed E-state index contributed by atoms with van der Waals surface area (Å²) in [6, 6.07) is 18.4. The number of anilines is 2. The molecule has 29 heavy (non-hydrogen) atoms. The quantitative estimate of drug-likeness (QED) is 0.587. The number of nitrogens with one attached hydrogen (secondary N) is 3. The summed E-state index contributed by atoms with van der Waals surface area (Å²) in [5, 5.41) is 8.55. The van der Waals surface area contributed by atoms with Crippen molar-refractivity contribution in [3.8, 4) is 0 Å². The molecule has 0 spiro atoms. The van der Waals surface area contributed by atoms with Crippen molar-refractivity contribution in [1.82, 2.24) is 5.32 Å². The molecular weight excluding hydrogens is 366 g/mol. The molecule has 6 heteroatoms. The van der Waals surface area contributed by atoms with E-state index in [0.717, 1.165) is 19.3 Å². The number of hydrogen-bond acceptors (Lipinski definition) is 3. The second-order valence-corrected chi connectivity index (χ2v) is 7.13. The van der Waals surface area contributed by atoms with E-state index < -0.39 is 0 Å². The van der Waals surface area contributed by atoms with Gasteiger partial charge in [0, 0.05) is 23.8 Å². The lowest BCUT2D eigenvalue weighted by Crippen LogP contribution is -2.33. The van der Waals surface area contributed by atoms with Crippen LogP contribution in [0.25, 0.3) is 0 Å². The molecule has 0 fully saturated rings. The summed E-state index contributed by atoms with van der Waals surface area (Å²) >= 11 is 0. The summed E-state index contributed by atoms with van der Waals surface area (Å²) in [6.45, 7) is 0.611. The van der Waals surface area contributed by atoms with Crippen molar-refractivity contribution >= 4 is 23.3 Å². The third kappa shape index (κ3) is 4.66. The van der Waals surface area contributed by atoms with Gasteiger partial charge in [0.1, 0.15) is 0 Å². The van der Waals surface area contributed by atoms with Gasteiger partial charge in [-0.05, 0) is 66.8 Å². The fraction of sp³-hybridized carbons (Fsp3) is 0.217. The Bertz CT molecular complexity index is 981. The van der Waals surface area contributed by atoms with E-state index in [9.17, 15) is 9.59 Å². The summed E-state index contributed by atoms with van der Waals surface area (Å²) in [7, 11) is 0. The smallest absolute Gasteiger partial charge is 0.319 e. The van der Waals surface area contributed by atoms with Gasteiger partial charge in [-0.2, -0.15) is 0 Å². The molecular formula is C23H23N3O3. The van der Waals surface area contributed by atoms with E-state index >= 15 is 0 Å². The number of amides is 3. The average molecular weight is 389 g/mol. The predicted molar refractivity (Wildman–Crippen MR) is 112 cm³/mol. The summed E-state index contributed by atoms with van der Waals surface area (Å²) in [6.07, 6.45) is 4.80. The Morgan fingerprint density at radius 2 is 1.69 bits per heavy atom. The third-order valence-electron chi connectivity index (χ3n) is 5.15. The van der Waals surface area contributed by atoms with Crippen LogP contribution in [0.1, 0.15) is 40.4 Å². The van der Waals surface area contributed by atoms with Gasteiger partial charge in [0.25, 0.3) is 5.91 Å². The molecule has 1 aromatic heterocycles. The molecule has 1 heterocycles. The van der Waals surface area contributed by atoms with Gasteiger partial charge in [0.15, 0.2) is 5.76 Å². The van der Waals surface area contributed by atoms with Crippen LogP contribution in [0.15, 0.2) is 71.3 Å². The van der Waals surface area contributed by atoms with Gasteiger partial charge in [0.05, 0.1) is 6.26 Å². The number of urea groups is 1. The molecule has 2 aromatic carbocycles. The number of hydrogen-bond donors (Lipinski definition) is 3. The van der Waals surface area contributed by atoms with E-state index in [-0.39, 0.29) is 17.7 Å². The fourth-order valence-electron chi connectivity index (χ4n) is 3.70. The molecule has 3 amide bonds. The summed E-state index contributed by atoms with van der Waals surface area (Å²) in [4.78, 5) is 24.3. The van der Waals surface area contributed by atoms with E-state index in [1.807, 2.05) is 0 Å². The van der Waals surface area contributed by atoms with Crippen LogP contribution in [0, 0.1) is 0 Å². The van der Waals surface area contributed by atoms with Crippen molar-refractivity contribution in [2.75, 3.05) is 17.2 Å². The molecule has 0 saturated heterocycles. The first-order valence-corrected chi connectivity index (χ1v) is 9.76. The topological polar surface area (TPSA) is 83.4 Å². The van der Waals surface area contributed by atoms with Gasteiger partial charge in [-0.3, -0.25) is 4.79 Å². The molecule has 3 N–H and O–H groups in total. The summed E-state index contributed by atoms with van der Waals surface area (Å²) < 4.78 is 5.07. The normalized spacial score (nSPS) is 15.2. The second kappa shape index (κ2) is 8.65. The largest absolute Gasteiger partial charge is 0.459 e. The van der Waals surface area contributed by atoms with Crippen LogP contribution in [0.5, 0.6) is 0 Å². The number of furan rings is 1. The monoisotopic (exact) mass is 389 g/mol. The number of rotatable bonds is 5. The lowest BCUT2D eigenvalue weighted by molar-refractivity contribution is 0.0996. The number of carbonyl (C=O) groups is 2. The first-order chi connectivity index (χ1) is 14.2. The standard InChI is InChI=1S/C23H23N3O3/c27-22(21-9-4-14-29-21)25-18-10-12-19(13-11-18)26-23(28)24-15-17-7-3-6-16-5-1-2-8-20(16)17/h1-2,4-5,8-14,17H,3,6-7,15H2,(H,25,27)(H2,24,26,28). The van der Waals surface area contributed by atoms with Gasteiger partial charge in [-0.15, -0.1) is 0 Å². The highest BCUT2D eigenvalue weighted by Crippen LogP contribution is 2.30. The summed E-state index contributed by atoms with van der Waals surface area (Å²) in [5.41, 5.74) is 4.01. The minimum Gasteiger partial charge on any atom is -0.459 e. The van der Waals surface area contributed by atoms with Crippen molar-refractivity contribution in [2.45, 2.75) is 25.2 Å². The molecule has 1 aliphatic carbocycles. The van der Waals surface area contributed by atoms with E-state index in [0.29, 0.717) is 23.8 Å². The van der Waals surface area contributed by atoms with Crippen LogP contribution in [0.3, 0.4) is 0 Å². The van der Waals surface area contributed by atoms with Crippen molar-refractivity contribution in [3.63, 3.8) is 0 Å². The zero-order chi connectivity index (χ0) is 20.1. The Morgan fingerprint density at radius 1 is 0.931 bits per heavy atom. The maximum Gasteiger partial charge on any atom is 0.319 e. The number of aryl methyl sites for hydroxylation is 1. The molecule has 1 aliphatic rings. The zero-order valence-corrected chi connectivity index (χ0v) is 16.0. The molecule has 0 radical (unpaired) electrons. The van der Waals surface area contributed by atoms with Gasteiger partial charge >= 0.3 is 6.03 Å². The van der Waals surface area contributed by atoms with Crippen molar-refractivity contribution in [3.05, 3.63) is 83.8 Å². The van der Waals surface area contributed by atoms with Crippen LogP contribution in [0.4, 0.5) is 16.2 Å². The molecule has 148 valence electrons. The molecule has 0 saturated carbocycles. The van der Waals surface area contributed by atoms with Crippen molar-refractivity contribution in [1.29, 1.82) is 0 Å². The van der Waals surface area contributed by atoms with Crippen molar-refractivity contribution < 1.29 is 14.0 Å². The number of fused-ring (bicyclic) bond motifs is 1. The molecule has 1 unspecified atom stereocenters. The molecule has 0 aliphatic heterocycles. The Labute approximate surface area is 169 Å². The highest BCUT2D eigenvalue weighted by atomic mass is 16.3. The number of carbonyl (C=O) groups excluding carboxylic acids is 2. The lowest BCUT2D eigenvalue weighted by Gasteiger charge is -2.25. The molecule has 3 aromatic rings. The number of benzene rings is 2. The molecule has 1 atom stereocenters. The highest BCUT2D eigenvalue weighted by Gasteiger charge is 2.20. The van der Waals surface area contributed by atoms with Crippen molar-refractivity contribution in [2.24, 2.45) is 0 Å². The lowest BCUT2D eigenvalue weighted by atomic mass is 9.83. The summed E-state index contributed by atoms with van der Waals surface area (Å²) in [5.74, 6) is 0.280. The Kier molecular flexibility index (Phi) is 5.61. The average Bonchev–Trinajstić information content (AvgIpc) is 3.29. The first-order valence-electron chi connectivity index (χ1n) is 9.76. The van der Waals surface area contributed by atoms with Gasteiger partial charge in [-0.1, -0.05) is 24.3 Å². The van der Waals surface area contributed by atoms with Gasteiger partial charge in [0.2, 0.25) is 0 Å². The van der Waals surface area contributed by atoms with Gasteiger partial charge < -0.3 is 20.4 Å². The highest BCUT2D eigenvalue weighted by molar-refractivity contribution is 6.02. The first kappa shape index (κ1) is 18.8. The van der Waals surface area contributed by atoms with Crippen LogP contribution in [0.2, 0.25) is 0 Å². The molecule has 4 rings (SSSR count). The minimum atomic E-state index is -0.318. The van der Waals surface area contributed by atoms with Gasteiger partial charge in [-0.25, -0.2) is 4.79 Å². The van der Waals surface area contributed by atoms with Crippen LogP contribution in [-0.2, 0) is 6.42 Å². The SMILES string of the molecule is O=C(NCC1CCCc2ccccc21)Nc1ccc(NC(=O)c2ccco2)cc1. The zero-order valence-electron chi connectivity index (χ0n) is 16.0. The maximum atomic E-state index is 12.3. The second-order valence-electron chi connectivity index (χ2n) is 7.13. The predicted octanol–water partition coefficient (Wildman–Crippen LogP) is 4.77. The Morgan fingerprint density at radius 3 is 2.45 bits per heavy atom. The maximum absolute atomic E-state index is 12.3. The van der Waals surface area contributed by atoms with Crippen LogP contribution >= 0.6 is 0 Å². The fourth-order valence-corrected chi connectivity index (χ4v) is 3.70. The minimum absolute atomic E-state index is 0.236.